The summed E-state index contributed by atoms with van der Waals surface area (Å²) in [6.07, 6.45) is 1.72. The summed E-state index contributed by atoms with van der Waals surface area (Å²) in [6, 6.07) is 6.24. The van der Waals surface area contributed by atoms with Crippen LogP contribution in [-0.4, -0.2) is 18.8 Å². The highest BCUT2D eigenvalue weighted by Crippen LogP contribution is 2.10. The molecule has 0 aliphatic rings. The van der Waals surface area contributed by atoms with Crippen LogP contribution in [0.4, 0.5) is 0 Å². The van der Waals surface area contributed by atoms with Crippen LogP contribution in [-0.2, 0) is 9.59 Å². The number of hydrogen-bond acceptors (Lipinski definition) is 3. The second kappa shape index (κ2) is 4.25. The Morgan fingerprint density at radius 2 is 2.00 bits per heavy atom. The third-order valence-corrected chi connectivity index (χ3v) is 1.35. The summed E-state index contributed by atoms with van der Waals surface area (Å²) in [4.78, 5) is 20.5. The molecule has 1 rings (SSSR count). The molecule has 0 spiro atoms. The molecule has 1 radical (unpaired) electrons. The van der Waals surface area contributed by atoms with Crippen molar-refractivity contribution < 1.29 is 14.3 Å². The SMILES string of the molecule is NC(=O)COc1ccc([C]=O)cc1. The van der Waals surface area contributed by atoms with E-state index in [9.17, 15) is 9.59 Å². The maximum atomic E-state index is 10.3. The van der Waals surface area contributed by atoms with Crippen LogP contribution >= 0.6 is 0 Å². The zero-order valence-electron chi connectivity index (χ0n) is 6.82. The quantitative estimate of drug-likeness (QED) is 0.706. The molecule has 0 bridgehead atoms. The van der Waals surface area contributed by atoms with Crippen molar-refractivity contribution in [1.29, 1.82) is 0 Å². The zero-order chi connectivity index (χ0) is 9.68. The van der Waals surface area contributed by atoms with Crippen LogP contribution in [0.3, 0.4) is 0 Å². The molecule has 0 aromatic heterocycles. The molecule has 0 saturated carbocycles. The summed E-state index contributed by atoms with van der Waals surface area (Å²) in [7, 11) is 0. The second-order valence-electron chi connectivity index (χ2n) is 2.38. The molecule has 0 atom stereocenters. The van der Waals surface area contributed by atoms with E-state index >= 15 is 0 Å². The topological polar surface area (TPSA) is 69.4 Å². The lowest BCUT2D eigenvalue weighted by atomic mass is 10.2. The fourth-order valence-electron chi connectivity index (χ4n) is 0.774. The number of nitrogens with two attached hydrogens (primary N) is 1. The molecule has 4 nitrogen and oxygen atoms in total. The van der Waals surface area contributed by atoms with E-state index in [1.165, 1.54) is 0 Å². The maximum Gasteiger partial charge on any atom is 0.255 e. The number of carbonyl (C=O) groups is 1. The molecular weight excluding hydrogens is 170 g/mol. The first kappa shape index (κ1) is 9.25. The molecule has 4 heteroatoms. The molecule has 0 aliphatic heterocycles. The fraction of sp³-hybridized carbons (Fsp3) is 0.111. The highest BCUT2D eigenvalue weighted by molar-refractivity contribution is 5.76. The molecule has 1 amide bonds. The van der Waals surface area contributed by atoms with Crippen LogP contribution in [0.1, 0.15) is 5.56 Å². The Morgan fingerprint density at radius 1 is 1.38 bits per heavy atom. The minimum absolute atomic E-state index is 0.163. The van der Waals surface area contributed by atoms with Gasteiger partial charge in [0.1, 0.15) is 5.75 Å². The largest absolute Gasteiger partial charge is 0.484 e. The smallest absolute Gasteiger partial charge is 0.255 e. The molecule has 13 heavy (non-hydrogen) atoms. The van der Waals surface area contributed by atoms with E-state index in [4.69, 9.17) is 10.5 Å². The normalized spacial score (nSPS) is 9.23. The summed E-state index contributed by atoms with van der Waals surface area (Å²) in [5, 5.41) is 0. The number of carbonyl (C=O) groups excluding carboxylic acids is 2. The monoisotopic (exact) mass is 178 g/mol. The first-order valence-electron chi connectivity index (χ1n) is 3.61. The van der Waals surface area contributed by atoms with E-state index in [1.807, 2.05) is 0 Å². The minimum atomic E-state index is -0.536. The van der Waals surface area contributed by atoms with E-state index in [0.717, 1.165) is 0 Å². The van der Waals surface area contributed by atoms with E-state index in [-0.39, 0.29) is 6.61 Å². The van der Waals surface area contributed by atoms with E-state index < -0.39 is 5.91 Å². The van der Waals surface area contributed by atoms with Crippen molar-refractivity contribution in [2.24, 2.45) is 5.73 Å². The number of amides is 1. The van der Waals surface area contributed by atoms with Gasteiger partial charge in [0, 0.05) is 5.56 Å². The first-order valence-corrected chi connectivity index (χ1v) is 3.61. The van der Waals surface area contributed by atoms with Gasteiger partial charge < -0.3 is 10.5 Å². The number of primary amides is 1. The summed E-state index contributed by atoms with van der Waals surface area (Å²) in [5.74, 6) is -0.0381. The van der Waals surface area contributed by atoms with Gasteiger partial charge in [0.25, 0.3) is 5.91 Å². The van der Waals surface area contributed by atoms with Crippen molar-refractivity contribution in [3.05, 3.63) is 29.8 Å². The Hall–Kier alpha value is -1.84. The van der Waals surface area contributed by atoms with Crippen molar-refractivity contribution >= 4 is 12.2 Å². The Bertz CT molecular complexity index is 305. The highest BCUT2D eigenvalue weighted by Gasteiger charge is 1.97. The Kier molecular flexibility index (Phi) is 3.03. The Labute approximate surface area is 75.3 Å². The average Bonchev–Trinajstić information content (AvgIpc) is 2.15. The lowest BCUT2D eigenvalue weighted by Crippen LogP contribution is -2.19. The molecule has 2 N–H and O–H groups in total. The Balaban J connectivity index is 2.59. The molecule has 1 aromatic carbocycles. The van der Waals surface area contributed by atoms with Gasteiger partial charge >= 0.3 is 0 Å². The molecule has 0 heterocycles. The first-order chi connectivity index (χ1) is 6.22. The predicted molar refractivity (Wildman–Crippen MR) is 45.9 cm³/mol. The lowest BCUT2D eigenvalue weighted by Gasteiger charge is -2.02. The van der Waals surface area contributed by atoms with Gasteiger partial charge in [-0.25, -0.2) is 0 Å². The van der Waals surface area contributed by atoms with Crippen LogP contribution in [0, 0.1) is 0 Å². The van der Waals surface area contributed by atoms with E-state index in [1.54, 1.807) is 30.6 Å². The average molecular weight is 178 g/mol. The van der Waals surface area contributed by atoms with Gasteiger partial charge in [-0.15, -0.1) is 0 Å². The molecule has 0 saturated heterocycles. The second-order valence-corrected chi connectivity index (χ2v) is 2.38. The van der Waals surface area contributed by atoms with Gasteiger partial charge in [-0.05, 0) is 24.3 Å². The van der Waals surface area contributed by atoms with E-state index in [0.29, 0.717) is 11.3 Å². The van der Waals surface area contributed by atoms with Crippen molar-refractivity contribution in [2.45, 2.75) is 0 Å². The lowest BCUT2D eigenvalue weighted by molar-refractivity contribution is -0.119. The molecule has 0 aliphatic carbocycles. The van der Waals surface area contributed by atoms with Crippen molar-refractivity contribution in [3.63, 3.8) is 0 Å². The van der Waals surface area contributed by atoms with Crippen molar-refractivity contribution in [1.82, 2.24) is 0 Å². The Morgan fingerprint density at radius 3 is 2.46 bits per heavy atom. The maximum absolute atomic E-state index is 10.3. The van der Waals surface area contributed by atoms with Gasteiger partial charge in [-0.3, -0.25) is 9.59 Å². The molecule has 0 unspecified atom stereocenters. The van der Waals surface area contributed by atoms with Crippen molar-refractivity contribution in [3.8, 4) is 5.75 Å². The minimum Gasteiger partial charge on any atom is -0.484 e. The number of hydrogen-bond donors (Lipinski definition) is 1. The zero-order valence-corrected chi connectivity index (χ0v) is 6.82. The molecule has 0 fully saturated rings. The van der Waals surface area contributed by atoms with Crippen LogP contribution < -0.4 is 10.5 Å². The van der Waals surface area contributed by atoms with Crippen LogP contribution in [0.5, 0.6) is 5.75 Å². The molecule has 67 valence electrons. The van der Waals surface area contributed by atoms with Crippen molar-refractivity contribution in [2.75, 3.05) is 6.61 Å². The van der Waals surface area contributed by atoms with Gasteiger partial charge in [0.2, 0.25) is 6.29 Å². The third kappa shape index (κ3) is 2.94. The van der Waals surface area contributed by atoms with Gasteiger partial charge in [-0.1, -0.05) is 0 Å². The van der Waals surface area contributed by atoms with Crippen LogP contribution in [0.2, 0.25) is 0 Å². The number of ether oxygens (including phenoxy) is 1. The summed E-state index contributed by atoms with van der Waals surface area (Å²) in [5.41, 5.74) is 5.31. The predicted octanol–water partition coefficient (Wildman–Crippen LogP) is 0.00850. The third-order valence-electron chi connectivity index (χ3n) is 1.35. The summed E-state index contributed by atoms with van der Waals surface area (Å²) >= 11 is 0. The fourth-order valence-corrected chi connectivity index (χ4v) is 0.774. The van der Waals surface area contributed by atoms with Crippen LogP contribution in [0.25, 0.3) is 0 Å². The van der Waals surface area contributed by atoms with Gasteiger partial charge in [0.15, 0.2) is 6.61 Å². The van der Waals surface area contributed by atoms with Gasteiger partial charge in [0.05, 0.1) is 0 Å². The van der Waals surface area contributed by atoms with E-state index in [2.05, 4.69) is 0 Å². The molecule has 1 aromatic rings. The number of benzene rings is 1. The standard InChI is InChI=1S/C9H8NO3/c10-9(12)6-13-8-3-1-7(5-11)2-4-8/h1-4H,6H2,(H2,10,12). The number of rotatable bonds is 4. The summed E-state index contributed by atoms with van der Waals surface area (Å²) in [6.45, 7) is -0.163. The summed E-state index contributed by atoms with van der Waals surface area (Å²) < 4.78 is 4.96. The van der Waals surface area contributed by atoms with Gasteiger partial charge in [-0.2, -0.15) is 0 Å². The molecular formula is C9H8NO3. The highest BCUT2D eigenvalue weighted by atomic mass is 16.5. The van der Waals surface area contributed by atoms with Crippen LogP contribution in [0.15, 0.2) is 24.3 Å².